The van der Waals surface area contributed by atoms with Gasteiger partial charge in [-0.15, -0.1) is 12.4 Å². The van der Waals surface area contributed by atoms with Gasteiger partial charge in [-0.2, -0.15) is 0 Å². The number of nitro benzene ring substituents is 1. The first-order valence-electron chi connectivity index (χ1n) is 6.35. The summed E-state index contributed by atoms with van der Waals surface area (Å²) in [7, 11) is 0. The Balaban J connectivity index is 0.00000200. The minimum atomic E-state index is -0.513. The molecule has 1 amide bonds. The molecule has 1 unspecified atom stereocenters. The molecule has 7 heteroatoms. The summed E-state index contributed by atoms with van der Waals surface area (Å²) in [6.45, 7) is 3.38. The summed E-state index contributed by atoms with van der Waals surface area (Å²) >= 11 is 0. The molecule has 0 bridgehead atoms. The SMILES string of the molecule is Cc1cccc([N+](=O)[O-])c1C(=O)NC1CCCNC1.Cl. The van der Waals surface area contributed by atoms with Crippen LogP contribution in [0.5, 0.6) is 0 Å². The van der Waals surface area contributed by atoms with Crippen molar-refractivity contribution in [1.29, 1.82) is 0 Å². The summed E-state index contributed by atoms with van der Waals surface area (Å²) in [5.74, 6) is -0.362. The second-order valence-corrected chi connectivity index (χ2v) is 4.74. The van der Waals surface area contributed by atoms with E-state index in [4.69, 9.17) is 0 Å². The zero-order valence-electron chi connectivity index (χ0n) is 11.2. The van der Waals surface area contributed by atoms with Crippen molar-refractivity contribution in [2.75, 3.05) is 13.1 Å². The van der Waals surface area contributed by atoms with Gasteiger partial charge in [0.1, 0.15) is 5.56 Å². The van der Waals surface area contributed by atoms with Crippen molar-refractivity contribution in [1.82, 2.24) is 10.6 Å². The molecule has 1 aliphatic rings. The van der Waals surface area contributed by atoms with Gasteiger partial charge in [0.15, 0.2) is 0 Å². The van der Waals surface area contributed by atoms with Gasteiger partial charge in [0, 0.05) is 18.7 Å². The van der Waals surface area contributed by atoms with Gasteiger partial charge in [0.2, 0.25) is 0 Å². The van der Waals surface area contributed by atoms with E-state index in [2.05, 4.69) is 10.6 Å². The molecule has 0 spiro atoms. The lowest BCUT2D eigenvalue weighted by Crippen LogP contribution is -2.45. The van der Waals surface area contributed by atoms with Crippen LogP contribution < -0.4 is 10.6 Å². The highest BCUT2D eigenvalue weighted by atomic mass is 35.5. The quantitative estimate of drug-likeness (QED) is 0.658. The van der Waals surface area contributed by atoms with Crippen molar-refractivity contribution in [3.63, 3.8) is 0 Å². The standard InChI is InChI=1S/C13H17N3O3.ClH/c1-9-4-2-6-11(16(18)19)12(9)13(17)15-10-5-3-7-14-8-10;/h2,4,6,10,14H,3,5,7-8H2,1H3,(H,15,17);1H. The number of piperidine rings is 1. The molecule has 1 heterocycles. The van der Waals surface area contributed by atoms with E-state index >= 15 is 0 Å². The van der Waals surface area contributed by atoms with E-state index in [1.165, 1.54) is 6.07 Å². The monoisotopic (exact) mass is 299 g/mol. The number of amides is 1. The molecule has 1 aliphatic heterocycles. The molecule has 0 aromatic heterocycles. The molecule has 2 N–H and O–H groups in total. The van der Waals surface area contributed by atoms with Gasteiger partial charge in [-0.05, 0) is 31.9 Å². The molecular weight excluding hydrogens is 282 g/mol. The van der Waals surface area contributed by atoms with Gasteiger partial charge < -0.3 is 10.6 Å². The molecule has 2 rings (SSSR count). The fourth-order valence-electron chi connectivity index (χ4n) is 2.33. The number of carbonyl (C=O) groups is 1. The van der Waals surface area contributed by atoms with E-state index in [0.717, 1.165) is 19.4 Å². The molecule has 0 aliphatic carbocycles. The highest BCUT2D eigenvalue weighted by Crippen LogP contribution is 2.22. The Morgan fingerprint density at radius 1 is 1.50 bits per heavy atom. The van der Waals surface area contributed by atoms with Crippen molar-refractivity contribution >= 4 is 24.0 Å². The van der Waals surface area contributed by atoms with Crippen molar-refractivity contribution < 1.29 is 9.72 Å². The smallest absolute Gasteiger partial charge is 0.282 e. The zero-order valence-corrected chi connectivity index (χ0v) is 12.0. The first-order chi connectivity index (χ1) is 9.09. The number of carbonyl (C=O) groups excluding carboxylic acids is 1. The molecule has 20 heavy (non-hydrogen) atoms. The minimum Gasteiger partial charge on any atom is -0.348 e. The van der Waals surface area contributed by atoms with Gasteiger partial charge in [0.25, 0.3) is 11.6 Å². The second kappa shape index (κ2) is 7.21. The van der Waals surface area contributed by atoms with Gasteiger partial charge in [-0.3, -0.25) is 14.9 Å². The fraction of sp³-hybridized carbons (Fsp3) is 0.462. The van der Waals surface area contributed by atoms with Crippen LogP contribution in [0, 0.1) is 17.0 Å². The lowest BCUT2D eigenvalue weighted by atomic mass is 10.0. The normalized spacial score (nSPS) is 17.9. The maximum absolute atomic E-state index is 12.2. The van der Waals surface area contributed by atoms with Crippen LogP contribution in [0.15, 0.2) is 18.2 Å². The van der Waals surface area contributed by atoms with Gasteiger partial charge in [0.05, 0.1) is 4.92 Å². The van der Waals surface area contributed by atoms with Gasteiger partial charge in [-0.25, -0.2) is 0 Å². The number of aryl methyl sites for hydroxylation is 1. The number of hydrogen-bond acceptors (Lipinski definition) is 4. The summed E-state index contributed by atoms with van der Waals surface area (Å²) in [6, 6.07) is 4.70. The van der Waals surface area contributed by atoms with Crippen LogP contribution in [0.2, 0.25) is 0 Å². The second-order valence-electron chi connectivity index (χ2n) is 4.74. The third-order valence-electron chi connectivity index (χ3n) is 3.31. The van der Waals surface area contributed by atoms with Crippen molar-refractivity contribution in [2.45, 2.75) is 25.8 Å². The van der Waals surface area contributed by atoms with Gasteiger partial charge in [-0.1, -0.05) is 12.1 Å². The van der Waals surface area contributed by atoms with Crippen LogP contribution in [0.4, 0.5) is 5.69 Å². The third-order valence-corrected chi connectivity index (χ3v) is 3.31. The molecule has 1 atom stereocenters. The molecule has 0 saturated carbocycles. The van der Waals surface area contributed by atoms with Gasteiger partial charge >= 0.3 is 0 Å². The number of nitrogens with one attached hydrogen (secondary N) is 2. The van der Waals surface area contributed by atoms with Crippen LogP contribution in [0.1, 0.15) is 28.8 Å². The summed E-state index contributed by atoms with van der Waals surface area (Å²) in [6.07, 6.45) is 1.90. The Morgan fingerprint density at radius 2 is 2.25 bits per heavy atom. The van der Waals surface area contributed by atoms with Crippen molar-refractivity contribution in [2.24, 2.45) is 0 Å². The third kappa shape index (κ3) is 3.68. The number of nitro groups is 1. The van der Waals surface area contributed by atoms with E-state index in [9.17, 15) is 14.9 Å². The molecule has 1 aromatic carbocycles. The minimum absolute atomic E-state index is 0. The fourth-order valence-corrected chi connectivity index (χ4v) is 2.33. The molecule has 1 fully saturated rings. The van der Waals surface area contributed by atoms with Crippen LogP contribution in [0.3, 0.4) is 0 Å². The zero-order chi connectivity index (χ0) is 13.8. The lowest BCUT2D eigenvalue weighted by molar-refractivity contribution is -0.385. The number of benzene rings is 1. The predicted octanol–water partition coefficient (Wildman–Crippen LogP) is 1.81. The molecule has 110 valence electrons. The molecule has 1 aromatic rings. The number of nitrogens with zero attached hydrogens (tertiary/aromatic N) is 1. The van der Waals surface area contributed by atoms with Crippen molar-refractivity contribution in [3.05, 3.63) is 39.4 Å². The topological polar surface area (TPSA) is 84.3 Å². The molecule has 1 saturated heterocycles. The van der Waals surface area contributed by atoms with E-state index in [1.54, 1.807) is 19.1 Å². The Bertz CT molecular complexity index is 502. The highest BCUT2D eigenvalue weighted by molar-refractivity contribution is 5.99. The van der Waals surface area contributed by atoms with E-state index < -0.39 is 4.92 Å². The average Bonchev–Trinajstić information content (AvgIpc) is 2.39. The number of rotatable bonds is 3. The largest absolute Gasteiger partial charge is 0.348 e. The van der Waals surface area contributed by atoms with Crippen LogP contribution >= 0.6 is 12.4 Å². The first kappa shape index (κ1) is 16.4. The molecule has 6 nitrogen and oxygen atoms in total. The Kier molecular flexibility index (Phi) is 5.91. The highest BCUT2D eigenvalue weighted by Gasteiger charge is 2.24. The van der Waals surface area contributed by atoms with Crippen LogP contribution in [0.25, 0.3) is 0 Å². The lowest BCUT2D eigenvalue weighted by Gasteiger charge is -2.24. The maximum Gasteiger partial charge on any atom is 0.282 e. The number of halogens is 1. The number of hydrogen-bond donors (Lipinski definition) is 2. The van der Waals surface area contributed by atoms with Crippen LogP contribution in [-0.2, 0) is 0 Å². The Morgan fingerprint density at radius 3 is 2.85 bits per heavy atom. The first-order valence-corrected chi connectivity index (χ1v) is 6.35. The summed E-state index contributed by atoms with van der Waals surface area (Å²) in [4.78, 5) is 22.7. The summed E-state index contributed by atoms with van der Waals surface area (Å²) in [5, 5.41) is 17.0. The maximum atomic E-state index is 12.2. The van der Waals surface area contributed by atoms with E-state index in [0.29, 0.717) is 12.1 Å². The summed E-state index contributed by atoms with van der Waals surface area (Å²) in [5.41, 5.74) is 0.648. The predicted molar refractivity (Wildman–Crippen MR) is 78.4 cm³/mol. The average molecular weight is 300 g/mol. The summed E-state index contributed by atoms with van der Waals surface area (Å²) < 4.78 is 0. The Labute approximate surface area is 123 Å². The van der Waals surface area contributed by atoms with E-state index in [-0.39, 0.29) is 35.6 Å². The Hall–Kier alpha value is -1.66. The molecular formula is C13H18ClN3O3. The van der Waals surface area contributed by atoms with E-state index in [1.807, 2.05) is 0 Å². The van der Waals surface area contributed by atoms with Crippen molar-refractivity contribution in [3.8, 4) is 0 Å². The van der Waals surface area contributed by atoms with Crippen LogP contribution in [-0.4, -0.2) is 30.0 Å². The molecule has 0 radical (unpaired) electrons.